The number of hydrogen-bond acceptors (Lipinski definition) is 4. The average Bonchev–Trinajstić information content (AvgIpc) is 3.14. The number of amides is 1. The Hall–Kier alpha value is -2.67. The molecule has 0 aliphatic carbocycles. The van der Waals surface area contributed by atoms with Gasteiger partial charge in [-0.05, 0) is 32.3 Å². The first-order valence-electron chi connectivity index (χ1n) is 7.04. The number of carbonyl (C=O) groups excluding carboxylic acids is 1. The zero-order valence-electron chi connectivity index (χ0n) is 12.6. The van der Waals surface area contributed by atoms with Crippen LogP contribution in [0.5, 0.6) is 0 Å². The SMILES string of the molecule is CN(C)CCn1cc(C(=O)Nc2cccn3nccc23)cn1. The predicted molar refractivity (Wildman–Crippen MR) is 83.9 cm³/mol. The highest BCUT2D eigenvalue weighted by molar-refractivity contribution is 6.05. The molecule has 0 spiro atoms. The molecule has 0 fully saturated rings. The van der Waals surface area contributed by atoms with Crippen LogP contribution in [0.2, 0.25) is 0 Å². The van der Waals surface area contributed by atoms with Crippen LogP contribution >= 0.6 is 0 Å². The fourth-order valence-electron chi connectivity index (χ4n) is 2.16. The number of anilines is 1. The van der Waals surface area contributed by atoms with Crippen LogP contribution in [-0.2, 0) is 6.54 Å². The van der Waals surface area contributed by atoms with Gasteiger partial charge in [0.15, 0.2) is 0 Å². The van der Waals surface area contributed by atoms with Gasteiger partial charge in [0.1, 0.15) is 0 Å². The highest BCUT2D eigenvalue weighted by Gasteiger charge is 2.11. The molecule has 0 aromatic carbocycles. The number of nitrogens with one attached hydrogen (secondary N) is 1. The Balaban J connectivity index is 1.73. The molecule has 3 aromatic heterocycles. The van der Waals surface area contributed by atoms with E-state index in [1.807, 2.05) is 38.5 Å². The summed E-state index contributed by atoms with van der Waals surface area (Å²) in [4.78, 5) is 14.4. The summed E-state index contributed by atoms with van der Waals surface area (Å²) in [6.45, 7) is 1.62. The van der Waals surface area contributed by atoms with Gasteiger partial charge < -0.3 is 10.2 Å². The van der Waals surface area contributed by atoms with Gasteiger partial charge in [-0.1, -0.05) is 0 Å². The van der Waals surface area contributed by atoms with Crippen LogP contribution in [0.1, 0.15) is 10.4 Å². The molecular weight excluding hydrogens is 280 g/mol. The summed E-state index contributed by atoms with van der Waals surface area (Å²) >= 11 is 0. The third-order valence-corrected chi connectivity index (χ3v) is 3.36. The molecule has 3 aromatic rings. The van der Waals surface area contributed by atoms with Crippen molar-refractivity contribution in [1.82, 2.24) is 24.3 Å². The number of rotatable bonds is 5. The van der Waals surface area contributed by atoms with Gasteiger partial charge in [0.05, 0.1) is 35.7 Å². The fraction of sp³-hybridized carbons (Fsp3) is 0.267. The summed E-state index contributed by atoms with van der Waals surface area (Å²) in [7, 11) is 4.01. The Bertz CT molecular complexity index is 788. The number of pyridine rings is 1. The first-order chi connectivity index (χ1) is 10.6. The van der Waals surface area contributed by atoms with E-state index < -0.39 is 0 Å². The molecule has 0 aliphatic rings. The minimum absolute atomic E-state index is 0.176. The van der Waals surface area contributed by atoms with E-state index in [1.54, 1.807) is 27.8 Å². The van der Waals surface area contributed by atoms with E-state index >= 15 is 0 Å². The van der Waals surface area contributed by atoms with Crippen molar-refractivity contribution < 1.29 is 4.79 Å². The van der Waals surface area contributed by atoms with Gasteiger partial charge in [0, 0.05) is 18.9 Å². The summed E-state index contributed by atoms with van der Waals surface area (Å²) in [6.07, 6.45) is 6.88. The van der Waals surface area contributed by atoms with Crippen molar-refractivity contribution in [3.05, 3.63) is 48.5 Å². The second kappa shape index (κ2) is 5.98. The third kappa shape index (κ3) is 2.99. The van der Waals surface area contributed by atoms with Crippen LogP contribution in [-0.4, -0.2) is 50.8 Å². The van der Waals surface area contributed by atoms with E-state index in [2.05, 4.69) is 20.4 Å². The summed E-state index contributed by atoms with van der Waals surface area (Å²) < 4.78 is 3.49. The van der Waals surface area contributed by atoms with Crippen molar-refractivity contribution in [1.29, 1.82) is 0 Å². The number of carbonyl (C=O) groups is 1. The molecule has 114 valence electrons. The van der Waals surface area contributed by atoms with Crippen LogP contribution in [0.3, 0.4) is 0 Å². The minimum Gasteiger partial charge on any atom is -0.320 e. The highest BCUT2D eigenvalue weighted by Crippen LogP contribution is 2.16. The molecule has 1 N–H and O–H groups in total. The van der Waals surface area contributed by atoms with Gasteiger partial charge in [0.25, 0.3) is 5.91 Å². The average molecular weight is 298 g/mol. The lowest BCUT2D eigenvalue weighted by Gasteiger charge is -2.08. The molecule has 0 unspecified atom stereocenters. The van der Waals surface area contributed by atoms with Crippen molar-refractivity contribution in [3.8, 4) is 0 Å². The Kier molecular flexibility index (Phi) is 3.88. The number of fused-ring (bicyclic) bond motifs is 1. The predicted octanol–water partition coefficient (Wildman–Crippen LogP) is 1.34. The van der Waals surface area contributed by atoms with E-state index in [0.717, 1.165) is 24.3 Å². The third-order valence-electron chi connectivity index (χ3n) is 3.36. The second-order valence-electron chi connectivity index (χ2n) is 5.33. The second-order valence-corrected chi connectivity index (χ2v) is 5.33. The number of likely N-dealkylation sites (N-methyl/N-ethyl adjacent to an activating group) is 1. The fourth-order valence-corrected chi connectivity index (χ4v) is 2.16. The lowest BCUT2D eigenvalue weighted by molar-refractivity contribution is 0.102. The molecule has 7 heteroatoms. The maximum absolute atomic E-state index is 12.3. The molecule has 0 radical (unpaired) electrons. The van der Waals surface area contributed by atoms with Gasteiger partial charge in [-0.15, -0.1) is 0 Å². The van der Waals surface area contributed by atoms with E-state index in [4.69, 9.17) is 0 Å². The van der Waals surface area contributed by atoms with Crippen molar-refractivity contribution in [2.45, 2.75) is 6.54 Å². The van der Waals surface area contributed by atoms with Crippen molar-refractivity contribution in [2.24, 2.45) is 0 Å². The first kappa shape index (κ1) is 14.3. The Morgan fingerprint density at radius 2 is 2.18 bits per heavy atom. The molecule has 22 heavy (non-hydrogen) atoms. The monoisotopic (exact) mass is 298 g/mol. The van der Waals surface area contributed by atoms with E-state index in [9.17, 15) is 4.79 Å². The molecule has 1 amide bonds. The normalized spacial score (nSPS) is 11.2. The maximum Gasteiger partial charge on any atom is 0.258 e. The number of nitrogens with zero attached hydrogens (tertiary/aromatic N) is 5. The Labute approximate surface area is 128 Å². The van der Waals surface area contributed by atoms with Crippen LogP contribution in [0.25, 0.3) is 5.52 Å². The zero-order valence-corrected chi connectivity index (χ0v) is 12.6. The summed E-state index contributed by atoms with van der Waals surface area (Å²) in [6, 6.07) is 5.55. The zero-order chi connectivity index (χ0) is 15.5. The van der Waals surface area contributed by atoms with Gasteiger partial charge >= 0.3 is 0 Å². The van der Waals surface area contributed by atoms with E-state index in [0.29, 0.717) is 5.56 Å². The molecule has 0 bridgehead atoms. The van der Waals surface area contributed by atoms with Gasteiger partial charge in [0.2, 0.25) is 0 Å². The van der Waals surface area contributed by atoms with E-state index in [1.165, 1.54) is 0 Å². The number of aromatic nitrogens is 4. The maximum atomic E-state index is 12.3. The van der Waals surface area contributed by atoms with Crippen molar-refractivity contribution >= 4 is 17.1 Å². The summed E-state index contributed by atoms with van der Waals surface area (Å²) in [5.41, 5.74) is 2.13. The molecule has 3 rings (SSSR count). The van der Waals surface area contributed by atoms with E-state index in [-0.39, 0.29) is 5.91 Å². The van der Waals surface area contributed by atoms with Crippen LogP contribution in [0, 0.1) is 0 Å². The molecule has 0 saturated heterocycles. The smallest absolute Gasteiger partial charge is 0.258 e. The lowest BCUT2D eigenvalue weighted by atomic mass is 10.3. The molecule has 0 aliphatic heterocycles. The largest absolute Gasteiger partial charge is 0.320 e. The van der Waals surface area contributed by atoms with Gasteiger partial charge in [-0.25, -0.2) is 4.52 Å². The van der Waals surface area contributed by atoms with Crippen LogP contribution in [0.4, 0.5) is 5.69 Å². The molecule has 0 atom stereocenters. The number of hydrogen-bond donors (Lipinski definition) is 1. The standard InChI is InChI=1S/C15H18N6O/c1-19(2)8-9-20-11-12(10-17-20)15(22)18-13-4-3-7-21-14(13)5-6-16-21/h3-7,10-11H,8-9H2,1-2H3,(H,18,22). The molecule has 7 nitrogen and oxygen atoms in total. The summed E-state index contributed by atoms with van der Waals surface area (Å²) in [5.74, 6) is -0.176. The molecular formula is C15H18N6O. The summed E-state index contributed by atoms with van der Waals surface area (Å²) in [5, 5.41) is 11.3. The molecule has 0 saturated carbocycles. The quantitative estimate of drug-likeness (QED) is 0.772. The Morgan fingerprint density at radius 1 is 1.32 bits per heavy atom. The Morgan fingerprint density at radius 3 is 3.00 bits per heavy atom. The minimum atomic E-state index is -0.176. The topological polar surface area (TPSA) is 67.5 Å². The lowest BCUT2D eigenvalue weighted by Crippen LogP contribution is -2.18. The highest BCUT2D eigenvalue weighted by atomic mass is 16.1. The van der Waals surface area contributed by atoms with Crippen molar-refractivity contribution in [2.75, 3.05) is 26.0 Å². The van der Waals surface area contributed by atoms with Crippen LogP contribution in [0.15, 0.2) is 43.0 Å². The van der Waals surface area contributed by atoms with Crippen LogP contribution < -0.4 is 5.32 Å². The molecule has 3 heterocycles. The first-order valence-corrected chi connectivity index (χ1v) is 7.04. The van der Waals surface area contributed by atoms with Gasteiger partial charge in [-0.3, -0.25) is 9.48 Å². The van der Waals surface area contributed by atoms with Crippen molar-refractivity contribution in [3.63, 3.8) is 0 Å². The van der Waals surface area contributed by atoms with Gasteiger partial charge in [-0.2, -0.15) is 10.2 Å².